The molecule has 1 aromatic rings. The molecular formula is C12H17N3O5S. The van der Waals surface area contributed by atoms with Gasteiger partial charge >= 0.3 is 0 Å². The molecular weight excluding hydrogens is 298 g/mol. The minimum Gasteiger partial charge on any atom is -0.399 e. The van der Waals surface area contributed by atoms with Gasteiger partial charge in [0.2, 0.25) is 5.91 Å². The highest BCUT2D eigenvalue weighted by Gasteiger charge is 2.13. The van der Waals surface area contributed by atoms with Crippen LogP contribution in [0.25, 0.3) is 0 Å². The molecule has 5 N–H and O–H groups in total. The Kier molecular flexibility index (Phi) is 5.68. The van der Waals surface area contributed by atoms with Crippen LogP contribution in [-0.4, -0.2) is 46.2 Å². The van der Waals surface area contributed by atoms with Crippen molar-refractivity contribution in [1.82, 2.24) is 5.32 Å². The largest absolute Gasteiger partial charge is 0.399 e. The average molecular weight is 315 g/mol. The van der Waals surface area contributed by atoms with E-state index < -0.39 is 21.7 Å². The topological polar surface area (TPSA) is 142 Å². The van der Waals surface area contributed by atoms with Gasteiger partial charge in [-0.15, -0.1) is 0 Å². The Hall–Kier alpha value is -2.13. The first-order valence-electron chi connectivity index (χ1n) is 5.95. The monoisotopic (exact) mass is 315 g/mol. The molecule has 0 bridgehead atoms. The van der Waals surface area contributed by atoms with Gasteiger partial charge in [-0.1, -0.05) is 0 Å². The van der Waals surface area contributed by atoms with E-state index in [1.807, 2.05) is 0 Å². The average Bonchev–Trinajstić information content (AvgIpc) is 2.36. The summed E-state index contributed by atoms with van der Waals surface area (Å²) in [4.78, 5) is 22.3. The van der Waals surface area contributed by atoms with Crippen molar-refractivity contribution >= 4 is 27.3 Å². The molecule has 0 saturated carbocycles. The lowest BCUT2D eigenvalue weighted by atomic mass is 10.2. The highest BCUT2D eigenvalue weighted by atomic mass is 32.2. The minimum absolute atomic E-state index is 0.0300. The molecule has 0 aliphatic carbocycles. The summed E-state index contributed by atoms with van der Waals surface area (Å²) >= 11 is 0. The number of hydrogen-bond donors (Lipinski definition) is 3. The number of carbonyl (C=O) groups excluding carboxylic acids is 2. The van der Waals surface area contributed by atoms with Crippen molar-refractivity contribution in [1.29, 1.82) is 0 Å². The van der Waals surface area contributed by atoms with Crippen LogP contribution in [-0.2, 0) is 19.4 Å². The number of nitrogen functional groups attached to an aromatic ring is 1. The number of nitrogens with two attached hydrogens (primary N) is 2. The summed E-state index contributed by atoms with van der Waals surface area (Å²) in [6, 6.07) is 3.89. The Morgan fingerprint density at radius 3 is 2.52 bits per heavy atom. The number of amides is 2. The van der Waals surface area contributed by atoms with Crippen LogP contribution < -0.4 is 16.8 Å². The van der Waals surface area contributed by atoms with E-state index >= 15 is 0 Å². The van der Waals surface area contributed by atoms with Crippen molar-refractivity contribution in [2.45, 2.75) is 4.90 Å². The van der Waals surface area contributed by atoms with E-state index in [1.165, 1.54) is 18.2 Å². The highest BCUT2D eigenvalue weighted by Crippen LogP contribution is 2.16. The Morgan fingerprint density at radius 2 is 1.95 bits per heavy atom. The molecule has 0 spiro atoms. The van der Waals surface area contributed by atoms with Crippen LogP contribution in [0.5, 0.6) is 0 Å². The van der Waals surface area contributed by atoms with Crippen molar-refractivity contribution in [2.75, 3.05) is 31.7 Å². The number of sulfone groups is 1. The lowest BCUT2D eigenvalue weighted by Crippen LogP contribution is -2.29. The number of benzene rings is 1. The molecule has 0 atom stereocenters. The lowest BCUT2D eigenvalue weighted by molar-refractivity contribution is -0.122. The molecule has 1 rings (SSSR count). The summed E-state index contributed by atoms with van der Waals surface area (Å²) < 4.78 is 27.8. The number of primary amides is 1. The van der Waals surface area contributed by atoms with Gasteiger partial charge in [-0.2, -0.15) is 0 Å². The summed E-state index contributed by atoms with van der Waals surface area (Å²) in [5, 5.41) is 2.51. The zero-order chi connectivity index (χ0) is 16.0. The second-order valence-corrected chi connectivity index (χ2v) is 6.35. The summed E-state index contributed by atoms with van der Waals surface area (Å²) in [6.07, 6.45) is 1.03. The van der Waals surface area contributed by atoms with Crippen molar-refractivity contribution in [2.24, 2.45) is 5.73 Å². The number of anilines is 1. The third kappa shape index (κ3) is 5.79. The molecule has 2 amide bonds. The van der Waals surface area contributed by atoms with Crippen LogP contribution in [0.3, 0.4) is 0 Å². The van der Waals surface area contributed by atoms with E-state index in [0.717, 1.165) is 6.26 Å². The van der Waals surface area contributed by atoms with E-state index in [2.05, 4.69) is 5.32 Å². The molecule has 0 fully saturated rings. The van der Waals surface area contributed by atoms with E-state index in [4.69, 9.17) is 16.2 Å². The van der Waals surface area contributed by atoms with Gasteiger partial charge in [0, 0.05) is 24.1 Å². The first-order chi connectivity index (χ1) is 9.70. The zero-order valence-electron chi connectivity index (χ0n) is 11.5. The number of rotatable bonds is 7. The van der Waals surface area contributed by atoms with Crippen LogP contribution in [0.15, 0.2) is 23.1 Å². The molecule has 0 saturated heterocycles. The van der Waals surface area contributed by atoms with E-state index in [1.54, 1.807) is 0 Å². The fourth-order valence-electron chi connectivity index (χ4n) is 1.48. The molecule has 0 radical (unpaired) electrons. The second kappa shape index (κ2) is 7.04. The van der Waals surface area contributed by atoms with Gasteiger partial charge in [0.15, 0.2) is 9.84 Å². The standard InChI is InChI=1S/C12H17N3O5S/c1-21(18,19)10-5-8(4-9(13)6-10)12(17)15-2-3-20-7-11(14)16/h4-6H,2-3,7,13H2,1H3,(H2,14,16)(H,15,17). The van der Waals surface area contributed by atoms with Crippen molar-refractivity contribution in [3.05, 3.63) is 23.8 Å². The normalized spacial score (nSPS) is 11.1. The van der Waals surface area contributed by atoms with Crippen LogP contribution in [0.1, 0.15) is 10.4 Å². The maximum atomic E-state index is 11.9. The Balaban J connectivity index is 2.66. The highest BCUT2D eigenvalue weighted by molar-refractivity contribution is 7.90. The maximum Gasteiger partial charge on any atom is 0.251 e. The van der Waals surface area contributed by atoms with Crippen molar-refractivity contribution in [3.8, 4) is 0 Å². The van der Waals surface area contributed by atoms with Crippen molar-refractivity contribution in [3.63, 3.8) is 0 Å². The summed E-state index contributed by atoms with van der Waals surface area (Å²) in [7, 11) is -3.46. The Bertz CT molecular complexity index is 642. The van der Waals surface area contributed by atoms with Crippen LogP contribution in [0, 0.1) is 0 Å². The summed E-state index contributed by atoms with van der Waals surface area (Å²) in [5.41, 5.74) is 10.8. The van der Waals surface area contributed by atoms with Gasteiger partial charge < -0.3 is 21.5 Å². The lowest BCUT2D eigenvalue weighted by Gasteiger charge is -2.08. The van der Waals surface area contributed by atoms with E-state index in [-0.39, 0.29) is 35.9 Å². The fourth-order valence-corrected chi connectivity index (χ4v) is 2.17. The second-order valence-electron chi connectivity index (χ2n) is 4.34. The fraction of sp³-hybridized carbons (Fsp3) is 0.333. The van der Waals surface area contributed by atoms with Gasteiger partial charge in [0.1, 0.15) is 6.61 Å². The number of hydrogen-bond acceptors (Lipinski definition) is 6. The summed E-state index contributed by atoms with van der Waals surface area (Å²) in [5.74, 6) is -1.09. The van der Waals surface area contributed by atoms with Gasteiger partial charge in [-0.3, -0.25) is 9.59 Å². The molecule has 0 heterocycles. The molecule has 9 heteroatoms. The molecule has 0 aromatic heterocycles. The number of ether oxygens (including phenoxy) is 1. The van der Waals surface area contributed by atoms with Crippen LogP contribution >= 0.6 is 0 Å². The van der Waals surface area contributed by atoms with Crippen LogP contribution in [0.4, 0.5) is 5.69 Å². The van der Waals surface area contributed by atoms with E-state index in [0.29, 0.717) is 0 Å². The van der Waals surface area contributed by atoms with E-state index in [9.17, 15) is 18.0 Å². The third-order valence-corrected chi connectivity index (χ3v) is 3.49. The third-order valence-electron chi connectivity index (χ3n) is 2.40. The molecule has 0 unspecified atom stereocenters. The SMILES string of the molecule is CS(=O)(=O)c1cc(N)cc(C(=O)NCCOCC(N)=O)c1. The number of nitrogens with one attached hydrogen (secondary N) is 1. The molecule has 21 heavy (non-hydrogen) atoms. The zero-order valence-corrected chi connectivity index (χ0v) is 12.3. The van der Waals surface area contributed by atoms with Crippen molar-refractivity contribution < 1.29 is 22.7 Å². The Labute approximate surface area is 122 Å². The molecule has 8 nitrogen and oxygen atoms in total. The first kappa shape index (κ1) is 16.9. The predicted octanol–water partition coefficient (Wildman–Crippen LogP) is -1.10. The molecule has 0 aliphatic heterocycles. The van der Waals surface area contributed by atoms with Gasteiger partial charge in [-0.05, 0) is 18.2 Å². The molecule has 116 valence electrons. The maximum absolute atomic E-state index is 11.9. The van der Waals surface area contributed by atoms with Crippen LogP contribution in [0.2, 0.25) is 0 Å². The minimum atomic E-state index is -3.46. The quantitative estimate of drug-likeness (QED) is 0.431. The number of carbonyl (C=O) groups is 2. The van der Waals surface area contributed by atoms with Gasteiger partial charge in [0.05, 0.1) is 11.5 Å². The smallest absolute Gasteiger partial charge is 0.251 e. The molecule has 1 aromatic carbocycles. The van der Waals surface area contributed by atoms with Gasteiger partial charge in [-0.25, -0.2) is 8.42 Å². The predicted molar refractivity (Wildman–Crippen MR) is 76.3 cm³/mol. The van der Waals surface area contributed by atoms with Gasteiger partial charge in [0.25, 0.3) is 5.91 Å². The Morgan fingerprint density at radius 1 is 1.29 bits per heavy atom. The molecule has 0 aliphatic rings. The first-order valence-corrected chi connectivity index (χ1v) is 7.84. The summed E-state index contributed by atoms with van der Waals surface area (Å²) in [6.45, 7) is 0.0252.